The largest absolute Gasteiger partial charge is 0.356 e. The number of para-hydroxylation sites is 1. The highest BCUT2D eigenvalue weighted by atomic mass is 32.2. The van der Waals surface area contributed by atoms with Crippen molar-refractivity contribution in [3.63, 3.8) is 0 Å². The molecule has 8 nitrogen and oxygen atoms in total. The molecule has 0 bridgehead atoms. The highest BCUT2D eigenvalue weighted by molar-refractivity contribution is 7.91. The van der Waals surface area contributed by atoms with Gasteiger partial charge >= 0.3 is 0 Å². The lowest BCUT2D eigenvalue weighted by Crippen LogP contribution is -2.45. The van der Waals surface area contributed by atoms with Crippen LogP contribution in [0.5, 0.6) is 0 Å². The van der Waals surface area contributed by atoms with Crippen molar-refractivity contribution >= 4 is 37.6 Å². The fourth-order valence-corrected chi connectivity index (χ4v) is 6.22. The van der Waals surface area contributed by atoms with Gasteiger partial charge in [-0.05, 0) is 30.9 Å². The molecule has 1 aliphatic carbocycles. The molecule has 9 heteroatoms. The summed E-state index contributed by atoms with van der Waals surface area (Å²) in [6, 6.07) is 7.60. The van der Waals surface area contributed by atoms with Crippen LogP contribution in [0.4, 0.5) is 5.82 Å². The zero-order valence-electron chi connectivity index (χ0n) is 16.3. The number of aryl methyl sites for hydroxylation is 1. The smallest absolute Gasteiger partial charge is 0.180 e. The summed E-state index contributed by atoms with van der Waals surface area (Å²) >= 11 is 0. The molecular formula is C20H22N6O2S. The van der Waals surface area contributed by atoms with Gasteiger partial charge in [-0.25, -0.2) is 18.4 Å². The van der Waals surface area contributed by atoms with Crippen molar-refractivity contribution in [3.8, 4) is 0 Å². The number of H-pyrrole nitrogens is 1. The van der Waals surface area contributed by atoms with Crippen LogP contribution in [0.15, 0.2) is 47.9 Å². The van der Waals surface area contributed by atoms with Gasteiger partial charge in [0.05, 0.1) is 27.7 Å². The molecule has 0 unspecified atom stereocenters. The summed E-state index contributed by atoms with van der Waals surface area (Å²) < 4.78 is 27.8. The van der Waals surface area contributed by atoms with Gasteiger partial charge in [0.25, 0.3) is 0 Å². The Balaban J connectivity index is 1.32. The molecule has 5 rings (SSSR count). The summed E-state index contributed by atoms with van der Waals surface area (Å²) in [6.07, 6.45) is 6.76. The van der Waals surface area contributed by atoms with Crippen LogP contribution in [-0.2, 0) is 16.9 Å². The average molecular weight is 411 g/mol. The predicted molar refractivity (Wildman–Crippen MR) is 112 cm³/mol. The minimum Gasteiger partial charge on any atom is -0.356 e. The first kappa shape index (κ1) is 18.1. The number of hydrogen-bond acceptors (Lipinski definition) is 6. The van der Waals surface area contributed by atoms with E-state index in [4.69, 9.17) is 0 Å². The third-order valence-corrected chi connectivity index (χ3v) is 7.85. The predicted octanol–water partition coefficient (Wildman–Crippen LogP) is 2.53. The van der Waals surface area contributed by atoms with E-state index in [-0.39, 0.29) is 17.7 Å². The third kappa shape index (κ3) is 2.96. The summed E-state index contributed by atoms with van der Waals surface area (Å²) in [5.41, 5.74) is 1.49. The lowest BCUT2D eigenvalue weighted by Gasteiger charge is -2.41. The first-order valence-electron chi connectivity index (χ1n) is 9.58. The molecule has 150 valence electrons. The highest BCUT2D eigenvalue weighted by Crippen LogP contribution is 2.37. The van der Waals surface area contributed by atoms with Gasteiger partial charge in [-0.3, -0.25) is 4.68 Å². The Bertz CT molecular complexity index is 1300. The quantitative estimate of drug-likeness (QED) is 0.543. The fourth-order valence-electron chi connectivity index (χ4n) is 4.31. The molecular weight excluding hydrogens is 388 g/mol. The first-order valence-corrected chi connectivity index (χ1v) is 11.2. The Hall–Kier alpha value is -2.94. The molecule has 1 fully saturated rings. The summed E-state index contributed by atoms with van der Waals surface area (Å²) in [6.45, 7) is 0. The van der Waals surface area contributed by atoms with Gasteiger partial charge in [0, 0.05) is 31.7 Å². The standard InChI is InChI=1S/C20H22N6O2S/c1-25(20-16-6-7-21-19(16)22-12-23-20)15-8-13(9-15)11-29(27,28)17-5-3-4-14-10-24-26(2)18(14)17/h3-7,10,12-13,15H,8-9,11H2,1-2H3,(H,21,22,23). The molecule has 29 heavy (non-hydrogen) atoms. The number of anilines is 1. The summed E-state index contributed by atoms with van der Waals surface area (Å²) in [4.78, 5) is 14.3. The Morgan fingerprint density at radius 2 is 2.07 bits per heavy atom. The summed E-state index contributed by atoms with van der Waals surface area (Å²) in [7, 11) is 0.403. The average Bonchev–Trinajstić information content (AvgIpc) is 3.30. The van der Waals surface area contributed by atoms with Crippen molar-refractivity contribution in [1.82, 2.24) is 24.7 Å². The van der Waals surface area contributed by atoms with Crippen LogP contribution in [0, 0.1) is 5.92 Å². The van der Waals surface area contributed by atoms with Crippen molar-refractivity contribution in [1.29, 1.82) is 0 Å². The minimum absolute atomic E-state index is 0.138. The second kappa shape index (κ2) is 6.55. The van der Waals surface area contributed by atoms with Gasteiger partial charge in [0.1, 0.15) is 17.8 Å². The van der Waals surface area contributed by atoms with Crippen LogP contribution >= 0.6 is 0 Å². The van der Waals surface area contributed by atoms with E-state index < -0.39 is 9.84 Å². The van der Waals surface area contributed by atoms with Crippen molar-refractivity contribution in [3.05, 3.63) is 43.0 Å². The van der Waals surface area contributed by atoms with Crippen LogP contribution in [0.3, 0.4) is 0 Å². The molecule has 0 amide bonds. The van der Waals surface area contributed by atoms with Crippen molar-refractivity contribution < 1.29 is 8.42 Å². The lowest BCUT2D eigenvalue weighted by atomic mass is 9.81. The molecule has 4 aromatic rings. The molecule has 3 aromatic heterocycles. The molecule has 3 heterocycles. The van der Waals surface area contributed by atoms with Crippen LogP contribution in [0.2, 0.25) is 0 Å². The van der Waals surface area contributed by atoms with Gasteiger partial charge in [0.15, 0.2) is 9.84 Å². The van der Waals surface area contributed by atoms with Crippen LogP contribution in [0.1, 0.15) is 12.8 Å². The summed E-state index contributed by atoms with van der Waals surface area (Å²) in [5, 5.41) is 6.03. The number of nitrogens with one attached hydrogen (secondary N) is 1. The number of hydrogen-bond donors (Lipinski definition) is 1. The molecule has 0 radical (unpaired) electrons. The SMILES string of the molecule is CN(c1ncnc2[nH]ccc12)C1CC(CS(=O)(=O)c2cccc3cnn(C)c23)C1. The fraction of sp³-hybridized carbons (Fsp3) is 0.350. The number of rotatable bonds is 5. The van der Waals surface area contributed by atoms with Gasteiger partial charge in [-0.15, -0.1) is 0 Å². The maximum Gasteiger partial charge on any atom is 0.180 e. The van der Waals surface area contributed by atoms with E-state index in [1.54, 1.807) is 36.4 Å². The topological polar surface area (TPSA) is 96.8 Å². The zero-order valence-corrected chi connectivity index (χ0v) is 17.1. The summed E-state index contributed by atoms with van der Waals surface area (Å²) in [5.74, 6) is 1.17. The van der Waals surface area contributed by atoms with E-state index in [2.05, 4.69) is 25.0 Å². The third-order valence-electron chi connectivity index (χ3n) is 5.94. The Labute approximate surface area is 168 Å². The van der Waals surface area contributed by atoms with Gasteiger partial charge < -0.3 is 9.88 Å². The molecule has 1 aliphatic rings. The van der Waals surface area contributed by atoms with Crippen molar-refractivity contribution in [2.45, 2.75) is 23.8 Å². The second-order valence-electron chi connectivity index (χ2n) is 7.78. The molecule has 0 aliphatic heterocycles. The monoisotopic (exact) mass is 410 g/mol. The number of aromatic nitrogens is 5. The van der Waals surface area contributed by atoms with E-state index in [1.165, 1.54) is 0 Å². The van der Waals surface area contributed by atoms with Gasteiger partial charge in [0.2, 0.25) is 0 Å². The number of fused-ring (bicyclic) bond motifs is 2. The van der Waals surface area contributed by atoms with Crippen LogP contribution in [0.25, 0.3) is 21.9 Å². The Morgan fingerprint density at radius 3 is 2.90 bits per heavy atom. The van der Waals surface area contributed by atoms with E-state index in [9.17, 15) is 8.42 Å². The van der Waals surface area contributed by atoms with Crippen molar-refractivity contribution in [2.24, 2.45) is 13.0 Å². The van der Waals surface area contributed by atoms with Crippen LogP contribution in [-0.4, -0.2) is 52.0 Å². The highest BCUT2D eigenvalue weighted by Gasteiger charge is 2.37. The maximum absolute atomic E-state index is 13.1. The van der Waals surface area contributed by atoms with Gasteiger partial charge in [-0.1, -0.05) is 12.1 Å². The number of nitrogens with zero attached hydrogens (tertiary/aromatic N) is 5. The molecule has 1 aromatic carbocycles. The van der Waals surface area contributed by atoms with E-state index in [0.717, 1.165) is 35.1 Å². The maximum atomic E-state index is 13.1. The first-order chi connectivity index (χ1) is 13.9. The number of sulfone groups is 1. The molecule has 1 saturated carbocycles. The van der Waals surface area contributed by atoms with Crippen LogP contribution < -0.4 is 4.90 Å². The molecule has 1 N–H and O–H groups in total. The zero-order chi connectivity index (χ0) is 20.2. The van der Waals surface area contributed by atoms with E-state index in [0.29, 0.717) is 10.4 Å². The number of benzene rings is 1. The number of aromatic amines is 1. The molecule has 0 saturated heterocycles. The normalized spacial score (nSPS) is 19.5. The molecule has 0 atom stereocenters. The van der Waals surface area contributed by atoms with E-state index in [1.807, 2.05) is 25.4 Å². The minimum atomic E-state index is -3.39. The Kier molecular flexibility index (Phi) is 4.09. The lowest BCUT2D eigenvalue weighted by molar-refractivity contribution is 0.282. The van der Waals surface area contributed by atoms with Gasteiger partial charge in [-0.2, -0.15) is 5.10 Å². The van der Waals surface area contributed by atoms with E-state index >= 15 is 0 Å². The molecule has 0 spiro atoms. The van der Waals surface area contributed by atoms with Crippen molar-refractivity contribution in [2.75, 3.05) is 17.7 Å². The Morgan fingerprint density at radius 1 is 1.24 bits per heavy atom. The second-order valence-corrected chi connectivity index (χ2v) is 9.79.